The number of methoxy groups -OCH3 is 1. The SMILES string of the molecule is COC(=O)CCc1cnc2nc(CCC3CCNCC3)oc2c1. The van der Waals surface area contributed by atoms with E-state index < -0.39 is 0 Å². The van der Waals surface area contributed by atoms with Crippen molar-refractivity contribution in [2.24, 2.45) is 5.92 Å². The molecule has 1 fully saturated rings. The number of aryl methyl sites for hydroxylation is 2. The molecule has 1 aliphatic rings. The first kappa shape index (κ1) is 15.9. The average Bonchev–Trinajstić information content (AvgIpc) is 3.01. The summed E-state index contributed by atoms with van der Waals surface area (Å²) in [6, 6.07) is 1.92. The van der Waals surface area contributed by atoms with Crippen LogP contribution in [0.15, 0.2) is 16.7 Å². The normalized spacial score (nSPS) is 15.9. The number of nitrogens with zero attached hydrogens (tertiary/aromatic N) is 2. The first-order chi connectivity index (χ1) is 11.2. The molecule has 23 heavy (non-hydrogen) atoms. The van der Waals surface area contributed by atoms with Crippen LogP contribution in [-0.4, -0.2) is 36.1 Å². The van der Waals surface area contributed by atoms with Gasteiger partial charge in [0.1, 0.15) is 0 Å². The number of fused-ring (bicyclic) bond motifs is 1. The highest BCUT2D eigenvalue weighted by Gasteiger charge is 2.15. The largest absolute Gasteiger partial charge is 0.469 e. The topological polar surface area (TPSA) is 77.2 Å². The fourth-order valence-electron chi connectivity index (χ4n) is 2.99. The summed E-state index contributed by atoms with van der Waals surface area (Å²) in [5.74, 6) is 1.30. The van der Waals surface area contributed by atoms with Gasteiger partial charge in [-0.15, -0.1) is 0 Å². The second-order valence-electron chi connectivity index (χ2n) is 6.08. The Labute approximate surface area is 135 Å². The fraction of sp³-hybridized carbons (Fsp3) is 0.588. The lowest BCUT2D eigenvalue weighted by Gasteiger charge is -2.21. The molecule has 0 radical (unpaired) electrons. The van der Waals surface area contributed by atoms with E-state index in [1.807, 2.05) is 6.07 Å². The van der Waals surface area contributed by atoms with Crippen molar-refractivity contribution in [3.05, 3.63) is 23.7 Å². The maximum atomic E-state index is 11.2. The van der Waals surface area contributed by atoms with E-state index in [4.69, 9.17) is 4.42 Å². The molecule has 6 nitrogen and oxygen atoms in total. The zero-order valence-corrected chi connectivity index (χ0v) is 13.5. The van der Waals surface area contributed by atoms with Crippen molar-refractivity contribution in [1.29, 1.82) is 0 Å². The van der Waals surface area contributed by atoms with Gasteiger partial charge >= 0.3 is 5.97 Å². The fourth-order valence-corrected chi connectivity index (χ4v) is 2.99. The van der Waals surface area contributed by atoms with Gasteiger partial charge in [0.25, 0.3) is 0 Å². The van der Waals surface area contributed by atoms with Crippen LogP contribution in [0.1, 0.15) is 37.1 Å². The number of carbonyl (C=O) groups is 1. The Morgan fingerprint density at radius 2 is 2.22 bits per heavy atom. The van der Waals surface area contributed by atoms with E-state index in [0.29, 0.717) is 24.1 Å². The Hall–Kier alpha value is -1.95. The lowest BCUT2D eigenvalue weighted by Crippen LogP contribution is -2.27. The Balaban J connectivity index is 1.60. The number of hydrogen-bond acceptors (Lipinski definition) is 6. The molecule has 124 valence electrons. The third-order valence-electron chi connectivity index (χ3n) is 4.42. The van der Waals surface area contributed by atoms with Crippen molar-refractivity contribution in [3.63, 3.8) is 0 Å². The number of aromatic nitrogens is 2. The van der Waals surface area contributed by atoms with E-state index in [-0.39, 0.29) is 5.97 Å². The zero-order chi connectivity index (χ0) is 16.1. The van der Waals surface area contributed by atoms with Gasteiger partial charge in [0.2, 0.25) is 0 Å². The van der Waals surface area contributed by atoms with Gasteiger partial charge in [-0.25, -0.2) is 4.98 Å². The average molecular weight is 317 g/mol. The minimum atomic E-state index is -0.217. The highest BCUT2D eigenvalue weighted by Crippen LogP contribution is 2.21. The first-order valence-electron chi connectivity index (χ1n) is 8.26. The summed E-state index contributed by atoms with van der Waals surface area (Å²) >= 11 is 0. The number of oxazole rings is 1. The standard InChI is InChI=1S/C17H23N3O3/c1-22-16(21)5-3-13-10-14-17(19-11-13)20-15(23-14)4-2-12-6-8-18-9-7-12/h10-12,18H,2-9H2,1H3. The van der Waals surface area contributed by atoms with Gasteiger partial charge in [-0.3, -0.25) is 4.79 Å². The van der Waals surface area contributed by atoms with Gasteiger partial charge in [-0.2, -0.15) is 4.98 Å². The molecule has 2 aromatic rings. The van der Waals surface area contributed by atoms with E-state index in [9.17, 15) is 4.79 Å². The third-order valence-corrected chi connectivity index (χ3v) is 4.42. The van der Waals surface area contributed by atoms with Crippen LogP contribution in [0.4, 0.5) is 0 Å². The molecule has 0 saturated carbocycles. The number of hydrogen-bond donors (Lipinski definition) is 1. The molecule has 3 rings (SSSR count). The van der Waals surface area contributed by atoms with Gasteiger partial charge in [-0.05, 0) is 56.3 Å². The zero-order valence-electron chi connectivity index (χ0n) is 13.5. The molecular weight excluding hydrogens is 294 g/mol. The Kier molecular flexibility index (Phi) is 5.23. The molecular formula is C17H23N3O3. The lowest BCUT2D eigenvalue weighted by atomic mass is 9.93. The molecule has 0 bridgehead atoms. The van der Waals surface area contributed by atoms with Crippen LogP contribution in [0.2, 0.25) is 0 Å². The van der Waals surface area contributed by atoms with Crippen molar-refractivity contribution in [1.82, 2.24) is 15.3 Å². The number of nitrogens with one attached hydrogen (secondary N) is 1. The smallest absolute Gasteiger partial charge is 0.305 e. The Morgan fingerprint density at radius 1 is 1.39 bits per heavy atom. The van der Waals surface area contributed by atoms with Crippen LogP contribution >= 0.6 is 0 Å². The number of ether oxygens (including phenoxy) is 1. The molecule has 1 saturated heterocycles. The predicted octanol–water partition coefficient (Wildman–Crippen LogP) is 2.26. The molecule has 0 aliphatic carbocycles. The summed E-state index contributed by atoms with van der Waals surface area (Å²) in [5, 5.41) is 3.38. The first-order valence-corrected chi connectivity index (χ1v) is 8.26. The Morgan fingerprint density at radius 3 is 3.00 bits per heavy atom. The predicted molar refractivity (Wildman–Crippen MR) is 86.1 cm³/mol. The van der Waals surface area contributed by atoms with Gasteiger partial charge in [-0.1, -0.05) is 0 Å². The number of esters is 1. The summed E-state index contributed by atoms with van der Waals surface area (Å²) in [6.07, 6.45) is 7.14. The van der Waals surface area contributed by atoms with E-state index >= 15 is 0 Å². The molecule has 0 atom stereocenters. The second kappa shape index (κ2) is 7.55. The lowest BCUT2D eigenvalue weighted by molar-refractivity contribution is -0.140. The minimum absolute atomic E-state index is 0.217. The summed E-state index contributed by atoms with van der Waals surface area (Å²) < 4.78 is 10.5. The van der Waals surface area contributed by atoms with Crippen LogP contribution < -0.4 is 5.32 Å². The summed E-state index contributed by atoms with van der Waals surface area (Å²) in [5.41, 5.74) is 2.31. The van der Waals surface area contributed by atoms with Gasteiger partial charge in [0.15, 0.2) is 17.1 Å². The van der Waals surface area contributed by atoms with Gasteiger partial charge in [0.05, 0.1) is 7.11 Å². The van der Waals surface area contributed by atoms with Crippen molar-refractivity contribution in [2.45, 2.75) is 38.5 Å². The van der Waals surface area contributed by atoms with Crippen LogP contribution in [0, 0.1) is 5.92 Å². The highest BCUT2D eigenvalue weighted by molar-refractivity contribution is 5.71. The number of pyridine rings is 1. The molecule has 0 unspecified atom stereocenters. The molecule has 1 aliphatic heterocycles. The minimum Gasteiger partial charge on any atom is -0.469 e. The van der Waals surface area contributed by atoms with E-state index in [2.05, 4.69) is 20.0 Å². The van der Waals surface area contributed by atoms with Crippen molar-refractivity contribution in [3.8, 4) is 0 Å². The summed E-state index contributed by atoms with van der Waals surface area (Å²) in [4.78, 5) is 20.0. The van der Waals surface area contributed by atoms with Crippen LogP contribution in [-0.2, 0) is 22.4 Å². The monoisotopic (exact) mass is 317 g/mol. The molecule has 2 aromatic heterocycles. The summed E-state index contributed by atoms with van der Waals surface area (Å²) in [7, 11) is 1.40. The highest BCUT2D eigenvalue weighted by atomic mass is 16.5. The molecule has 3 heterocycles. The molecule has 6 heteroatoms. The van der Waals surface area contributed by atoms with E-state index in [1.165, 1.54) is 20.0 Å². The number of piperidine rings is 1. The number of carbonyl (C=O) groups excluding carboxylic acids is 1. The Bertz CT molecular complexity index is 662. The van der Waals surface area contributed by atoms with Crippen LogP contribution in [0.3, 0.4) is 0 Å². The maximum absolute atomic E-state index is 11.2. The van der Waals surface area contributed by atoms with Gasteiger partial charge in [0, 0.05) is 19.0 Å². The molecule has 0 amide bonds. The third kappa shape index (κ3) is 4.28. The molecule has 0 aromatic carbocycles. The van der Waals surface area contributed by atoms with Crippen molar-refractivity contribution >= 4 is 17.2 Å². The maximum Gasteiger partial charge on any atom is 0.305 e. The second-order valence-corrected chi connectivity index (χ2v) is 6.08. The van der Waals surface area contributed by atoms with E-state index in [1.54, 1.807) is 6.20 Å². The van der Waals surface area contributed by atoms with Crippen LogP contribution in [0.5, 0.6) is 0 Å². The van der Waals surface area contributed by atoms with Gasteiger partial charge < -0.3 is 14.5 Å². The van der Waals surface area contributed by atoms with Crippen molar-refractivity contribution < 1.29 is 13.9 Å². The van der Waals surface area contributed by atoms with E-state index in [0.717, 1.165) is 43.3 Å². The molecule has 1 N–H and O–H groups in total. The quantitative estimate of drug-likeness (QED) is 0.824. The summed E-state index contributed by atoms with van der Waals surface area (Å²) in [6.45, 7) is 2.23. The number of rotatable bonds is 6. The molecule has 0 spiro atoms. The van der Waals surface area contributed by atoms with Crippen molar-refractivity contribution in [2.75, 3.05) is 20.2 Å². The van der Waals surface area contributed by atoms with Crippen LogP contribution in [0.25, 0.3) is 11.2 Å².